The Balaban J connectivity index is 1.92. The molecule has 1 amide bonds. The van der Waals surface area contributed by atoms with E-state index in [1.54, 1.807) is 0 Å². The van der Waals surface area contributed by atoms with Gasteiger partial charge in [0.25, 0.3) is 0 Å². The number of halogens is 1. The van der Waals surface area contributed by atoms with Crippen LogP contribution in [0.4, 0.5) is 0 Å². The third kappa shape index (κ3) is 3.56. The normalized spacial score (nSPS) is 19.6. The van der Waals surface area contributed by atoms with Crippen molar-refractivity contribution < 1.29 is 9.53 Å². The standard InChI is InChI=1S/C14H18BrNO2/c1-2-18-10-12-5-3-11(4-6-12)8-16-9-13(15)7-14(16)17/h3-6,13H,2,7-10H2,1H3. The number of hydrogen-bond donors (Lipinski definition) is 0. The minimum Gasteiger partial charge on any atom is -0.377 e. The first-order valence-electron chi connectivity index (χ1n) is 6.26. The second-order valence-electron chi connectivity index (χ2n) is 4.53. The van der Waals surface area contributed by atoms with Crippen LogP contribution in [0.5, 0.6) is 0 Å². The van der Waals surface area contributed by atoms with Crippen molar-refractivity contribution in [2.24, 2.45) is 0 Å². The maximum absolute atomic E-state index is 11.7. The van der Waals surface area contributed by atoms with Gasteiger partial charge in [-0.25, -0.2) is 0 Å². The summed E-state index contributed by atoms with van der Waals surface area (Å²) >= 11 is 3.49. The van der Waals surface area contributed by atoms with Crippen molar-refractivity contribution in [2.45, 2.75) is 31.3 Å². The molecule has 1 heterocycles. The Kier molecular flexibility index (Phi) is 4.78. The van der Waals surface area contributed by atoms with E-state index in [1.807, 2.05) is 11.8 Å². The quantitative estimate of drug-likeness (QED) is 0.783. The lowest BCUT2D eigenvalue weighted by Crippen LogP contribution is -2.24. The molecule has 1 atom stereocenters. The Morgan fingerprint density at radius 3 is 2.56 bits per heavy atom. The number of nitrogens with zero attached hydrogens (tertiary/aromatic N) is 1. The predicted octanol–water partition coefficient (Wildman–Crippen LogP) is 2.72. The van der Waals surface area contributed by atoms with Crippen molar-refractivity contribution in [2.75, 3.05) is 13.2 Å². The molecule has 3 nitrogen and oxygen atoms in total. The van der Waals surface area contributed by atoms with Gasteiger partial charge in [0.2, 0.25) is 5.91 Å². The van der Waals surface area contributed by atoms with Crippen LogP contribution in [0.1, 0.15) is 24.5 Å². The van der Waals surface area contributed by atoms with Crippen LogP contribution >= 0.6 is 15.9 Å². The lowest BCUT2D eigenvalue weighted by molar-refractivity contribution is -0.128. The number of benzene rings is 1. The summed E-state index contributed by atoms with van der Waals surface area (Å²) in [6.07, 6.45) is 0.614. The molecule has 0 N–H and O–H groups in total. The van der Waals surface area contributed by atoms with Gasteiger partial charge in [0.15, 0.2) is 0 Å². The fourth-order valence-electron chi connectivity index (χ4n) is 2.06. The highest BCUT2D eigenvalue weighted by molar-refractivity contribution is 9.09. The second kappa shape index (κ2) is 6.34. The number of alkyl halides is 1. The smallest absolute Gasteiger partial charge is 0.224 e. The molecule has 1 unspecified atom stereocenters. The molecule has 98 valence electrons. The van der Waals surface area contributed by atoms with Gasteiger partial charge in [0.05, 0.1) is 6.61 Å². The van der Waals surface area contributed by atoms with Gasteiger partial charge in [-0.2, -0.15) is 0 Å². The molecule has 1 saturated heterocycles. The first-order chi connectivity index (χ1) is 8.69. The van der Waals surface area contributed by atoms with Gasteiger partial charge in [-0.3, -0.25) is 4.79 Å². The van der Waals surface area contributed by atoms with E-state index in [4.69, 9.17) is 4.74 Å². The van der Waals surface area contributed by atoms with Crippen LogP contribution in [0.3, 0.4) is 0 Å². The van der Waals surface area contributed by atoms with E-state index in [0.717, 1.165) is 13.2 Å². The lowest BCUT2D eigenvalue weighted by Gasteiger charge is -2.16. The molecule has 2 rings (SSSR count). The van der Waals surface area contributed by atoms with E-state index in [-0.39, 0.29) is 5.91 Å². The van der Waals surface area contributed by atoms with E-state index in [2.05, 4.69) is 40.2 Å². The summed E-state index contributed by atoms with van der Waals surface area (Å²) in [7, 11) is 0. The number of rotatable bonds is 5. The third-order valence-corrected chi connectivity index (χ3v) is 3.65. The highest BCUT2D eigenvalue weighted by Crippen LogP contribution is 2.20. The molecule has 1 fully saturated rings. The van der Waals surface area contributed by atoms with E-state index in [0.29, 0.717) is 24.4 Å². The SMILES string of the molecule is CCOCc1ccc(CN2CC(Br)CC2=O)cc1. The molecule has 1 aliphatic rings. The van der Waals surface area contributed by atoms with Crippen LogP contribution in [0, 0.1) is 0 Å². The predicted molar refractivity (Wildman–Crippen MR) is 74.5 cm³/mol. The first-order valence-corrected chi connectivity index (χ1v) is 7.18. The van der Waals surface area contributed by atoms with Gasteiger partial charge in [-0.15, -0.1) is 0 Å². The van der Waals surface area contributed by atoms with E-state index in [9.17, 15) is 4.79 Å². The average molecular weight is 312 g/mol. The van der Waals surface area contributed by atoms with Crippen LogP contribution in [0.15, 0.2) is 24.3 Å². The van der Waals surface area contributed by atoms with Gasteiger partial charge in [0, 0.05) is 30.9 Å². The Labute approximate surface area is 116 Å². The van der Waals surface area contributed by atoms with Crippen molar-refractivity contribution >= 4 is 21.8 Å². The summed E-state index contributed by atoms with van der Waals surface area (Å²) in [6.45, 7) is 4.89. The topological polar surface area (TPSA) is 29.5 Å². The van der Waals surface area contributed by atoms with Crippen LogP contribution < -0.4 is 0 Å². The minimum atomic E-state index is 0.232. The fourth-order valence-corrected chi connectivity index (χ4v) is 2.68. The van der Waals surface area contributed by atoms with E-state index < -0.39 is 0 Å². The van der Waals surface area contributed by atoms with Gasteiger partial charge >= 0.3 is 0 Å². The molecule has 0 bridgehead atoms. The monoisotopic (exact) mass is 311 g/mol. The largest absolute Gasteiger partial charge is 0.377 e. The van der Waals surface area contributed by atoms with Crippen molar-refractivity contribution in [1.29, 1.82) is 0 Å². The Morgan fingerprint density at radius 2 is 2.00 bits per heavy atom. The average Bonchev–Trinajstić information content (AvgIpc) is 2.67. The molecule has 0 saturated carbocycles. The van der Waals surface area contributed by atoms with Crippen LogP contribution in [0.2, 0.25) is 0 Å². The second-order valence-corrected chi connectivity index (χ2v) is 5.82. The third-order valence-electron chi connectivity index (χ3n) is 3.04. The highest BCUT2D eigenvalue weighted by atomic mass is 79.9. The van der Waals surface area contributed by atoms with Crippen LogP contribution in [0.25, 0.3) is 0 Å². The summed E-state index contributed by atoms with van der Waals surface area (Å²) in [5, 5.41) is 0. The molecular weight excluding hydrogens is 294 g/mol. The summed E-state index contributed by atoms with van der Waals surface area (Å²) in [6, 6.07) is 8.28. The summed E-state index contributed by atoms with van der Waals surface area (Å²) in [5.74, 6) is 0.232. The summed E-state index contributed by atoms with van der Waals surface area (Å²) < 4.78 is 5.35. The van der Waals surface area contributed by atoms with Gasteiger partial charge in [-0.1, -0.05) is 40.2 Å². The molecule has 1 aliphatic heterocycles. The summed E-state index contributed by atoms with van der Waals surface area (Å²) in [5.41, 5.74) is 2.34. The van der Waals surface area contributed by atoms with Crippen LogP contribution in [-0.4, -0.2) is 28.8 Å². The Bertz CT molecular complexity index is 405. The number of likely N-dealkylation sites (tertiary alicyclic amines) is 1. The number of ether oxygens (including phenoxy) is 1. The molecule has 18 heavy (non-hydrogen) atoms. The van der Waals surface area contributed by atoms with E-state index in [1.165, 1.54) is 11.1 Å². The number of carbonyl (C=O) groups excluding carboxylic acids is 1. The molecule has 0 aliphatic carbocycles. The molecule has 0 aromatic heterocycles. The zero-order valence-electron chi connectivity index (χ0n) is 10.6. The molecule has 0 radical (unpaired) electrons. The molecule has 4 heteroatoms. The van der Waals surface area contributed by atoms with Crippen molar-refractivity contribution in [3.05, 3.63) is 35.4 Å². The molecular formula is C14H18BrNO2. The maximum atomic E-state index is 11.7. The molecule has 1 aromatic rings. The number of amides is 1. The Hall–Kier alpha value is -0.870. The highest BCUT2D eigenvalue weighted by Gasteiger charge is 2.27. The van der Waals surface area contributed by atoms with Gasteiger partial charge in [0.1, 0.15) is 0 Å². The van der Waals surface area contributed by atoms with Crippen molar-refractivity contribution in [3.8, 4) is 0 Å². The first kappa shape index (κ1) is 13.6. The number of carbonyl (C=O) groups is 1. The molecule has 1 aromatic carbocycles. The lowest BCUT2D eigenvalue weighted by atomic mass is 10.1. The zero-order valence-corrected chi connectivity index (χ0v) is 12.1. The molecule has 0 spiro atoms. The summed E-state index contributed by atoms with van der Waals surface area (Å²) in [4.78, 5) is 13.9. The van der Waals surface area contributed by atoms with Gasteiger partial charge in [-0.05, 0) is 18.1 Å². The van der Waals surface area contributed by atoms with Crippen molar-refractivity contribution in [3.63, 3.8) is 0 Å². The Morgan fingerprint density at radius 1 is 1.33 bits per heavy atom. The fraction of sp³-hybridized carbons (Fsp3) is 0.500. The van der Waals surface area contributed by atoms with Crippen molar-refractivity contribution in [1.82, 2.24) is 4.90 Å². The van der Waals surface area contributed by atoms with E-state index >= 15 is 0 Å². The number of hydrogen-bond acceptors (Lipinski definition) is 2. The van der Waals surface area contributed by atoms with Gasteiger partial charge < -0.3 is 9.64 Å². The zero-order chi connectivity index (χ0) is 13.0. The van der Waals surface area contributed by atoms with Crippen LogP contribution in [-0.2, 0) is 22.7 Å². The maximum Gasteiger partial charge on any atom is 0.224 e. The minimum absolute atomic E-state index is 0.232.